The average molecular weight is 295 g/mol. The number of nitrogens with one attached hydrogen (secondary N) is 1. The highest BCUT2D eigenvalue weighted by Crippen LogP contribution is 2.15. The molecule has 1 amide bonds. The Bertz CT molecular complexity index is 421. The SMILES string of the molecule is COCCC(N)C(=O)Nc1ccc(OCCN(C)C)cc1. The monoisotopic (exact) mass is 295 g/mol. The second kappa shape index (κ2) is 9.33. The Morgan fingerprint density at radius 3 is 2.52 bits per heavy atom. The molecule has 1 aromatic rings. The fourth-order valence-corrected chi connectivity index (χ4v) is 1.59. The maximum absolute atomic E-state index is 11.8. The van der Waals surface area contributed by atoms with Crippen molar-refractivity contribution in [2.45, 2.75) is 12.5 Å². The molecule has 0 aliphatic carbocycles. The molecule has 0 aliphatic heterocycles. The first kappa shape index (κ1) is 17.4. The molecule has 1 atom stereocenters. The first-order valence-electron chi connectivity index (χ1n) is 6.96. The molecule has 0 aromatic heterocycles. The number of ether oxygens (including phenoxy) is 2. The molecule has 0 heterocycles. The molecule has 0 aliphatic rings. The molecule has 21 heavy (non-hydrogen) atoms. The van der Waals surface area contributed by atoms with E-state index in [2.05, 4.69) is 10.2 Å². The first-order chi connectivity index (χ1) is 10.0. The van der Waals surface area contributed by atoms with Crippen molar-refractivity contribution in [1.29, 1.82) is 0 Å². The lowest BCUT2D eigenvalue weighted by molar-refractivity contribution is -0.117. The van der Waals surface area contributed by atoms with Crippen molar-refractivity contribution in [3.05, 3.63) is 24.3 Å². The van der Waals surface area contributed by atoms with Gasteiger partial charge in [-0.1, -0.05) is 0 Å². The number of anilines is 1. The van der Waals surface area contributed by atoms with Crippen LogP contribution >= 0.6 is 0 Å². The van der Waals surface area contributed by atoms with Gasteiger partial charge in [0.15, 0.2) is 0 Å². The van der Waals surface area contributed by atoms with Crippen molar-refractivity contribution < 1.29 is 14.3 Å². The average Bonchev–Trinajstić information content (AvgIpc) is 2.46. The van der Waals surface area contributed by atoms with Crippen LogP contribution < -0.4 is 15.8 Å². The summed E-state index contributed by atoms with van der Waals surface area (Å²) in [7, 11) is 5.57. The van der Waals surface area contributed by atoms with Crippen LogP contribution in [0.4, 0.5) is 5.69 Å². The van der Waals surface area contributed by atoms with Gasteiger partial charge < -0.3 is 25.4 Å². The number of likely N-dealkylation sites (N-methyl/N-ethyl adjacent to an activating group) is 1. The Balaban J connectivity index is 2.41. The van der Waals surface area contributed by atoms with E-state index < -0.39 is 6.04 Å². The minimum Gasteiger partial charge on any atom is -0.492 e. The second-order valence-electron chi connectivity index (χ2n) is 5.05. The first-order valence-corrected chi connectivity index (χ1v) is 6.96. The number of carbonyl (C=O) groups excluding carboxylic acids is 1. The topological polar surface area (TPSA) is 76.8 Å². The number of nitrogens with zero attached hydrogens (tertiary/aromatic N) is 1. The van der Waals surface area contributed by atoms with Crippen molar-refractivity contribution in [3.63, 3.8) is 0 Å². The summed E-state index contributed by atoms with van der Waals surface area (Å²) >= 11 is 0. The molecule has 0 saturated heterocycles. The van der Waals surface area contributed by atoms with Crippen molar-refractivity contribution in [1.82, 2.24) is 4.90 Å². The quantitative estimate of drug-likeness (QED) is 0.709. The van der Waals surface area contributed by atoms with Crippen LogP contribution in [0.25, 0.3) is 0 Å². The van der Waals surface area contributed by atoms with Crippen molar-refractivity contribution in [3.8, 4) is 5.75 Å². The molecule has 6 heteroatoms. The zero-order valence-electron chi connectivity index (χ0n) is 13.0. The number of carbonyl (C=O) groups is 1. The minimum atomic E-state index is -0.569. The maximum Gasteiger partial charge on any atom is 0.241 e. The number of benzene rings is 1. The fourth-order valence-electron chi connectivity index (χ4n) is 1.59. The second-order valence-corrected chi connectivity index (χ2v) is 5.05. The number of methoxy groups -OCH3 is 1. The van der Waals surface area contributed by atoms with Gasteiger partial charge in [0.1, 0.15) is 12.4 Å². The van der Waals surface area contributed by atoms with Gasteiger partial charge in [-0.15, -0.1) is 0 Å². The Morgan fingerprint density at radius 1 is 1.29 bits per heavy atom. The minimum absolute atomic E-state index is 0.215. The number of amides is 1. The van der Waals surface area contributed by atoms with E-state index in [1.807, 2.05) is 26.2 Å². The lowest BCUT2D eigenvalue weighted by Gasteiger charge is -2.13. The maximum atomic E-state index is 11.8. The Labute approximate surface area is 126 Å². The van der Waals surface area contributed by atoms with Crippen LogP contribution in [0, 0.1) is 0 Å². The van der Waals surface area contributed by atoms with Crippen molar-refractivity contribution in [2.75, 3.05) is 46.3 Å². The van der Waals surface area contributed by atoms with Gasteiger partial charge in [0.25, 0.3) is 0 Å². The lowest BCUT2D eigenvalue weighted by Crippen LogP contribution is -2.36. The lowest BCUT2D eigenvalue weighted by atomic mass is 10.2. The van der Waals surface area contributed by atoms with Crippen LogP contribution in [0.5, 0.6) is 5.75 Å². The molecular formula is C15H25N3O3. The molecule has 6 nitrogen and oxygen atoms in total. The van der Waals surface area contributed by atoms with Gasteiger partial charge in [-0.2, -0.15) is 0 Å². The molecule has 3 N–H and O–H groups in total. The van der Waals surface area contributed by atoms with Gasteiger partial charge >= 0.3 is 0 Å². The van der Waals surface area contributed by atoms with Crippen LogP contribution in [0.2, 0.25) is 0 Å². The van der Waals surface area contributed by atoms with Gasteiger partial charge in [-0.25, -0.2) is 0 Å². The van der Waals surface area contributed by atoms with Gasteiger partial charge in [0.2, 0.25) is 5.91 Å². The molecule has 0 spiro atoms. The normalized spacial score (nSPS) is 12.2. The third kappa shape index (κ3) is 7.08. The zero-order valence-corrected chi connectivity index (χ0v) is 13.0. The Morgan fingerprint density at radius 2 is 1.95 bits per heavy atom. The molecule has 1 aromatic carbocycles. The molecule has 0 saturated carbocycles. The van der Waals surface area contributed by atoms with Crippen LogP contribution in [0.15, 0.2) is 24.3 Å². The molecule has 0 radical (unpaired) electrons. The van der Waals surface area contributed by atoms with Gasteiger partial charge in [-0.3, -0.25) is 4.79 Å². The highest BCUT2D eigenvalue weighted by Gasteiger charge is 2.13. The number of hydrogen-bond donors (Lipinski definition) is 2. The summed E-state index contributed by atoms with van der Waals surface area (Å²) in [6, 6.07) is 6.68. The molecule has 1 rings (SSSR count). The highest BCUT2D eigenvalue weighted by molar-refractivity contribution is 5.94. The number of rotatable bonds is 9. The van der Waals surface area contributed by atoms with Crippen LogP contribution in [-0.4, -0.2) is 57.8 Å². The fraction of sp³-hybridized carbons (Fsp3) is 0.533. The van der Waals surface area contributed by atoms with Crippen LogP contribution in [-0.2, 0) is 9.53 Å². The van der Waals surface area contributed by atoms with E-state index in [1.165, 1.54) is 0 Å². The van der Waals surface area contributed by atoms with Crippen molar-refractivity contribution in [2.24, 2.45) is 5.73 Å². The largest absolute Gasteiger partial charge is 0.492 e. The van der Waals surface area contributed by atoms with Crippen LogP contribution in [0.1, 0.15) is 6.42 Å². The van der Waals surface area contributed by atoms with E-state index >= 15 is 0 Å². The standard InChI is InChI=1S/C15H25N3O3/c1-18(2)9-11-21-13-6-4-12(5-7-13)17-15(19)14(16)8-10-20-3/h4-7,14H,8-11,16H2,1-3H3,(H,17,19). The van der Waals surface area contributed by atoms with Gasteiger partial charge in [-0.05, 0) is 44.8 Å². The summed E-state index contributed by atoms with van der Waals surface area (Å²) in [6.07, 6.45) is 0.494. The van der Waals surface area contributed by atoms with E-state index in [9.17, 15) is 4.79 Å². The molecule has 0 bridgehead atoms. The number of nitrogens with two attached hydrogens (primary N) is 1. The van der Waals surface area contributed by atoms with Crippen LogP contribution in [0.3, 0.4) is 0 Å². The molecule has 0 fully saturated rings. The van der Waals surface area contributed by atoms with E-state index in [-0.39, 0.29) is 5.91 Å². The van der Waals surface area contributed by atoms with Crippen molar-refractivity contribution >= 4 is 11.6 Å². The number of hydrogen-bond acceptors (Lipinski definition) is 5. The van der Waals surface area contributed by atoms with E-state index in [4.69, 9.17) is 15.2 Å². The highest BCUT2D eigenvalue weighted by atomic mass is 16.5. The summed E-state index contributed by atoms with van der Waals surface area (Å²) in [5.41, 5.74) is 6.46. The third-order valence-electron chi connectivity index (χ3n) is 2.90. The predicted molar refractivity (Wildman–Crippen MR) is 83.6 cm³/mol. The summed E-state index contributed by atoms with van der Waals surface area (Å²) < 4.78 is 10.5. The Hall–Kier alpha value is -1.63. The summed E-state index contributed by atoms with van der Waals surface area (Å²) in [4.78, 5) is 13.9. The molecule has 1 unspecified atom stereocenters. The summed E-state index contributed by atoms with van der Waals surface area (Å²) in [5.74, 6) is 0.562. The molecule has 118 valence electrons. The zero-order chi connectivity index (χ0) is 15.7. The van der Waals surface area contributed by atoms with E-state index in [1.54, 1.807) is 19.2 Å². The van der Waals surface area contributed by atoms with E-state index in [0.29, 0.717) is 25.3 Å². The third-order valence-corrected chi connectivity index (χ3v) is 2.90. The smallest absolute Gasteiger partial charge is 0.241 e. The predicted octanol–water partition coefficient (Wildman–Crippen LogP) is 0.929. The summed E-state index contributed by atoms with van der Waals surface area (Å²) in [6.45, 7) is 1.95. The van der Waals surface area contributed by atoms with Gasteiger partial charge in [0, 0.05) is 25.9 Å². The van der Waals surface area contributed by atoms with E-state index in [0.717, 1.165) is 12.3 Å². The van der Waals surface area contributed by atoms with Gasteiger partial charge in [0.05, 0.1) is 6.04 Å². The molecular weight excluding hydrogens is 270 g/mol. The Kier molecular flexibility index (Phi) is 7.74. The summed E-state index contributed by atoms with van der Waals surface area (Å²) in [5, 5.41) is 2.77.